The number of aromatic amines is 1. The predicted octanol–water partition coefficient (Wildman–Crippen LogP) is 4.91. The number of fused-ring (bicyclic) bond motifs is 1. The number of H-pyrrole nitrogens is 1. The van der Waals surface area contributed by atoms with Crippen LogP contribution in [0.15, 0.2) is 35.9 Å². The van der Waals surface area contributed by atoms with Gasteiger partial charge in [0.25, 0.3) is 5.91 Å². The monoisotopic (exact) mass is 435 g/mol. The van der Waals surface area contributed by atoms with Crippen LogP contribution in [0, 0.1) is 25.2 Å². The lowest BCUT2D eigenvalue weighted by molar-refractivity contribution is -0.117. The predicted molar refractivity (Wildman–Crippen MR) is 128 cm³/mol. The van der Waals surface area contributed by atoms with Gasteiger partial charge in [0.1, 0.15) is 17.5 Å². The third kappa shape index (κ3) is 5.20. The topological polar surface area (TPSA) is 86.5 Å². The quantitative estimate of drug-likeness (QED) is 0.369. The van der Waals surface area contributed by atoms with Gasteiger partial charge in [0.15, 0.2) is 0 Å². The number of carbonyl (C=O) groups is 1. The molecule has 0 aliphatic rings. The van der Waals surface area contributed by atoms with Crippen LogP contribution >= 0.6 is 11.8 Å². The Balaban J connectivity index is 1.86. The van der Waals surface area contributed by atoms with Gasteiger partial charge < -0.3 is 14.9 Å². The average molecular weight is 436 g/mol. The van der Waals surface area contributed by atoms with Crippen LogP contribution in [0.5, 0.6) is 0 Å². The van der Waals surface area contributed by atoms with Crippen LogP contribution in [0.1, 0.15) is 48.6 Å². The fraction of sp³-hybridized carbons (Fsp3) is 0.375. The van der Waals surface area contributed by atoms with Gasteiger partial charge in [0, 0.05) is 17.9 Å². The zero-order valence-electron chi connectivity index (χ0n) is 18.5. The standard InChI is InChI=1S/C24H29N5OS/c1-5-11-29-16(2)13-18(17(29)3)14-19(15-25)24(30)28-22(10-12-31-4)23-26-20-8-6-7-9-21(20)27-23/h6-9,13-14,22H,5,10-12H2,1-4H3,(H,26,27)(H,28,30)/b19-14+/t22-/m0/s1. The van der Waals surface area contributed by atoms with Gasteiger partial charge in [-0.2, -0.15) is 17.0 Å². The summed E-state index contributed by atoms with van der Waals surface area (Å²) in [5.74, 6) is 1.20. The van der Waals surface area contributed by atoms with E-state index in [4.69, 9.17) is 0 Å². The third-order valence-corrected chi connectivity index (χ3v) is 6.02. The number of imidazole rings is 1. The lowest BCUT2D eigenvalue weighted by atomic mass is 10.1. The van der Waals surface area contributed by atoms with Crippen molar-refractivity contribution in [2.75, 3.05) is 12.0 Å². The smallest absolute Gasteiger partial charge is 0.262 e. The van der Waals surface area contributed by atoms with Gasteiger partial charge in [0.2, 0.25) is 0 Å². The second kappa shape index (κ2) is 10.4. The summed E-state index contributed by atoms with van der Waals surface area (Å²) in [6, 6.07) is 11.6. The van der Waals surface area contributed by atoms with E-state index >= 15 is 0 Å². The number of hydrogen-bond donors (Lipinski definition) is 2. The number of nitrogens with one attached hydrogen (secondary N) is 2. The van der Waals surface area contributed by atoms with Crippen LogP contribution in [-0.4, -0.2) is 32.5 Å². The van der Waals surface area contributed by atoms with Gasteiger partial charge >= 0.3 is 0 Å². The number of benzene rings is 1. The zero-order valence-corrected chi connectivity index (χ0v) is 19.3. The van der Waals surface area contributed by atoms with E-state index in [0.717, 1.165) is 53.1 Å². The third-order valence-electron chi connectivity index (χ3n) is 5.38. The molecule has 162 valence electrons. The Labute approximate surface area is 187 Å². The zero-order chi connectivity index (χ0) is 22.4. The Morgan fingerprint density at radius 2 is 2.16 bits per heavy atom. The molecule has 2 aromatic heterocycles. The second-order valence-electron chi connectivity index (χ2n) is 7.59. The van der Waals surface area contributed by atoms with Crippen LogP contribution in [-0.2, 0) is 11.3 Å². The summed E-state index contributed by atoms with van der Waals surface area (Å²) in [5.41, 5.74) is 4.99. The molecule has 3 aromatic rings. The first-order chi connectivity index (χ1) is 15.0. The van der Waals surface area contributed by atoms with Gasteiger partial charge in [-0.15, -0.1) is 0 Å². The molecule has 0 aliphatic carbocycles. The van der Waals surface area contributed by atoms with E-state index < -0.39 is 0 Å². The van der Waals surface area contributed by atoms with Crippen molar-refractivity contribution in [2.24, 2.45) is 0 Å². The molecule has 1 aromatic carbocycles. The van der Waals surface area contributed by atoms with Gasteiger partial charge in [-0.25, -0.2) is 4.98 Å². The fourth-order valence-electron chi connectivity index (χ4n) is 3.73. The molecule has 7 heteroatoms. The molecule has 0 spiro atoms. The molecule has 2 N–H and O–H groups in total. The summed E-state index contributed by atoms with van der Waals surface area (Å²) in [7, 11) is 0. The van der Waals surface area contributed by atoms with Crippen molar-refractivity contribution in [3.8, 4) is 6.07 Å². The number of nitriles is 1. The number of amides is 1. The number of carbonyl (C=O) groups excluding carboxylic acids is 1. The Bertz CT molecular complexity index is 1100. The van der Waals surface area contributed by atoms with Crippen LogP contribution < -0.4 is 5.32 Å². The normalized spacial score (nSPS) is 12.7. The maximum atomic E-state index is 13.0. The van der Waals surface area contributed by atoms with Crippen molar-refractivity contribution in [2.45, 2.75) is 46.2 Å². The molecule has 2 heterocycles. The van der Waals surface area contributed by atoms with Gasteiger partial charge in [-0.3, -0.25) is 4.79 Å². The Hall–Kier alpha value is -2.98. The minimum atomic E-state index is -0.380. The molecule has 1 amide bonds. The van der Waals surface area contributed by atoms with Crippen molar-refractivity contribution < 1.29 is 4.79 Å². The number of nitrogens with zero attached hydrogens (tertiary/aromatic N) is 3. The first-order valence-electron chi connectivity index (χ1n) is 10.5. The van der Waals surface area contributed by atoms with E-state index in [1.165, 1.54) is 0 Å². The molecule has 3 rings (SSSR count). The molecule has 31 heavy (non-hydrogen) atoms. The fourth-order valence-corrected chi connectivity index (χ4v) is 4.20. The number of aryl methyl sites for hydroxylation is 1. The Morgan fingerprint density at radius 1 is 1.39 bits per heavy atom. The highest BCUT2D eigenvalue weighted by Crippen LogP contribution is 2.22. The highest BCUT2D eigenvalue weighted by Gasteiger charge is 2.21. The first-order valence-corrected chi connectivity index (χ1v) is 11.9. The highest BCUT2D eigenvalue weighted by atomic mass is 32.2. The Kier molecular flexibility index (Phi) is 7.59. The molecule has 0 saturated heterocycles. The summed E-state index contributed by atoms with van der Waals surface area (Å²) in [6.07, 6.45) is 5.47. The van der Waals surface area contributed by atoms with Crippen molar-refractivity contribution in [3.63, 3.8) is 0 Å². The van der Waals surface area contributed by atoms with Gasteiger partial charge in [-0.05, 0) is 68.5 Å². The maximum Gasteiger partial charge on any atom is 0.262 e. The number of rotatable bonds is 9. The molecule has 1 atom stereocenters. The molecule has 0 saturated carbocycles. The van der Waals surface area contributed by atoms with E-state index in [1.807, 2.05) is 50.4 Å². The number of para-hydroxylation sites is 2. The summed E-state index contributed by atoms with van der Waals surface area (Å²) in [4.78, 5) is 21.0. The van der Waals surface area contributed by atoms with Crippen LogP contribution in [0.2, 0.25) is 0 Å². The second-order valence-corrected chi connectivity index (χ2v) is 8.58. The SMILES string of the molecule is CCCn1c(C)cc(/C=C(\C#N)C(=O)N[C@@H](CCSC)c2nc3ccccc3[nH]2)c1C. The van der Waals surface area contributed by atoms with Crippen molar-refractivity contribution in [3.05, 3.63) is 58.7 Å². The maximum absolute atomic E-state index is 13.0. The van der Waals surface area contributed by atoms with E-state index in [0.29, 0.717) is 5.82 Å². The lowest BCUT2D eigenvalue weighted by Crippen LogP contribution is -2.30. The average Bonchev–Trinajstić information content (AvgIpc) is 3.31. The van der Waals surface area contributed by atoms with Crippen molar-refractivity contribution in [1.29, 1.82) is 5.26 Å². The first kappa shape index (κ1) is 22.7. The van der Waals surface area contributed by atoms with E-state index in [-0.39, 0.29) is 17.5 Å². The van der Waals surface area contributed by atoms with E-state index in [1.54, 1.807) is 17.8 Å². The molecule has 0 fully saturated rings. The molecule has 6 nitrogen and oxygen atoms in total. The lowest BCUT2D eigenvalue weighted by Gasteiger charge is -2.16. The van der Waals surface area contributed by atoms with Crippen LogP contribution in [0.4, 0.5) is 0 Å². The van der Waals surface area contributed by atoms with E-state index in [2.05, 4.69) is 32.8 Å². The molecule has 0 radical (unpaired) electrons. The van der Waals surface area contributed by atoms with Crippen molar-refractivity contribution in [1.82, 2.24) is 19.9 Å². The molecule has 0 aliphatic heterocycles. The minimum absolute atomic E-state index is 0.0991. The van der Waals surface area contributed by atoms with Crippen LogP contribution in [0.25, 0.3) is 17.1 Å². The largest absolute Gasteiger partial charge is 0.349 e. The van der Waals surface area contributed by atoms with Crippen molar-refractivity contribution >= 4 is 34.8 Å². The summed E-state index contributed by atoms with van der Waals surface area (Å²) < 4.78 is 2.22. The molecular weight excluding hydrogens is 406 g/mol. The summed E-state index contributed by atoms with van der Waals surface area (Å²) in [6.45, 7) is 7.13. The minimum Gasteiger partial charge on any atom is -0.349 e. The number of aromatic nitrogens is 3. The molecule has 0 bridgehead atoms. The van der Waals surface area contributed by atoms with Crippen LogP contribution in [0.3, 0.4) is 0 Å². The van der Waals surface area contributed by atoms with Gasteiger partial charge in [-0.1, -0.05) is 19.1 Å². The Morgan fingerprint density at radius 3 is 2.84 bits per heavy atom. The molecule has 0 unspecified atom stereocenters. The van der Waals surface area contributed by atoms with Gasteiger partial charge in [0.05, 0.1) is 17.1 Å². The summed E-state index contributed by atoms with van der Waals surface area (Å²) >= 11 is 1.71. The molecular formula is C24H29N5OS. The summed E-state index contributed by atoms with van der Waals surface area (Å²) in [5, 5.41) is 12.7. The highest BCUT2D eigenvalue weighted by molar-refractivity contribution is 7.98. The number of thioether (sulfide) groups is 1. The van der Waals surface area contributed by atoms with E-state index in [9.17, 15) is 10.1 Å². The number of hydrogen-bond acceptors (Lipinski definition) is 4.